The molecule has 0 aliphatic rings. The first-order valence-corrected chi connectivity index (χ1v) is 8.19. The number of hydrogen-bond donors (Lipinski definition) is 2. The Hall–Kier alpha value is -1.59. The Labute approximate surface area is 151 Å². The maximum absolute atomic E-state index is 12.4. The molecule has 0 fully saturated rings. The van der Waals surface area contributed by atoms with E-state index >= 15 is 0 Å². The minimum Gasteiger partial charge on any atom is -0.355 e. The number of carbonyl (C=O) groups excluding carboxylic acids is 2. The molecule has 5 nitrogen and oxygen atoms in total. The SMILES string of the molecule is CCC(CC)(CN)C(=O)NCCc1cccc(C(=O)N(C)C)c1.Cl. The summed E-state index contributed by atoms with van der Waals surface area (Å²) < 4.78 is 0. The van der Waals surface area contributed by atoms with E-state index in [0.29, 0.717) is 25.1 Å². The third-order valence-corrected chi connectivity index (χ3v) is 4.51. The molecular formula is C18H30ClN3O2. The van der Waals surface area contributed by atoms with E-state index < -0.39 is 5.41 Å². The highest BCUT2D eigenvalue weighted by Gasteiger charge is 2.32. The van der Waals surface area contributed by atoms with Gasteiger partial charge >= 0.3 is 0 Å². The largest absolute Gasteiger partial charge is 0.355 e. The van der Waals surface area contributed by atoms with E-state index in [2.05, 4.69) is 5.32 Å². The summed E-state index contributed by atoms with van der Waals surface area (Å²) in [6.07, 6.45) is 2.16. The van der Waals surface area contributed by atoms with E-state index in [-0.39, 0.29) is 24.2 Å². The molecule has 0 atom stereocenters. The number of halogens is 1. The number of nitrogens with zero attached hydrogens (tertiary/aromatic N) is 1. The third kappa shape index (κ3) is 5.49. The van der Waals surface area contributed by atoms with Gasteiger partial charge in [-0.25, -0.2) is 0 Å². The summed E-state index contributed by atoms with van der Waals surface area (Å²) in [4.78, 5) is 25.9. The van der Waals surface area contributed by atoms with Crippen molar-refractivity contribution in [2.45, 2.75) is 33.1 Å². The van der Waals surface area contributed by atoms with Gasteiger partial charge in [-0.2, -0.15) is 0 Å². The van der Waals surface area contributed by atoms with Crippen LogP contribution in [0.3, 0.4) is 0 Å². The molecule has 24 heavy (non-hydrogen) atoms. The fourth-order valence-corrected chi connectivity index (χ4v) is 2.58. The number of hydrogen-bond acceptors (Lipinski definition) is 3. The molecular weight excluding hydrogens is 326 g/mol. The molecule has 0 unspecified atom stereocenters. The van der Waals surface area contributed by atoms with Crippen molar-refractivity contribution in [1.29, 1.82) is 0 Å². The van der Waals surface area contributed by atoms with Gasteiger partial charge in [0.15, 0.2) is 0 Å². The van der Waals surface area contributed by atoms with Crippen LogP contribution in [-0.4, -0.2) is 43.9 Å². The number of benzene rings is 1. The summed E-state index contributed by atoms with van der Waals surface area (Å²) in [6.45, 7) is 4.89. The van der Waals surface area contributed by atoms with Crippen LogP contribution in [0.15, 0.2) is 24.3 Å². The van der Waals surface area contributed by atoms with Crippen molar-refractivity contribution in [3.8, 4) is 0 Å². The minimum atomic E-state index is -0.470. The molecule has 1 aromatic rings. The van der Waals surface area contributed by atoms with E-state index in [9.17, 15) is 9.59 Å². The Morgan fingerprint density at radius 2 is 1.83 bits per heavy atom. The topological polar surface area (TPSA) is 75.4 Å². The molecule has 0 saturated carbocycles. The highest BCUT2D eigenvalue weighted by molar-refractivity contribution is 5.94. The summed E-state index contributed by atoms with van der Waals surface area (Å²) in [7, 11) is 3.47. The Kier molecular flexibility index (Phi) is 9.63. The van der Waals surface area contributed by atoms with Gasteiger partial charge in [0.05, 0.1) is 5.41 Å². The lowest BCUT2D eigenvalue weighted by Crippen LogP contribution is -2.45. The summed E-state index contributed by atoms with van der Waals surface area (Å²) in [5.74, 6) is 0.000484. The Balaban J connectivity index is 0.00000529. The molecule has 0 bridgehead atoms. The van der Waals surface area contributed by atoms with Crippen molar-refractivity contribution >= 4 is 24.2 Å². The van der Waals surface area contributed by atoms with E-state index in [1.54, 1.807) is 25.1 Å². The van der Waals surface area contributed by atoms with Gasteiger partial charge in [-0.15, -0.1) is 12.4 Å². The number of carbonyl (C=O) groups is 2. The van der Waals surface area contributed by atoms with Gasteiger partial charge in [0.2, 0.25) is 5.91 Å². The van der Waals surface area contributed by atoms with Crippen molar-refractivity contribution in [3.63, 3.8) is 0 Å². The van der Waals surface area contributed by atoms with Crippen molar-refractivity contribution in [2.75, 3.05) is 27.2 Å². The van der Waals surface area contributed by atoms with Crippen LogP contribution in [0.5, 0.6) is 0 Å². The fraction of sp³-hybridized carbons (Fsp3) is 0.556. The average Bonchev–Trinajstić information content (AvgIpc) is 2.56. The average molecular weight is 356 g/mol. The first-order chi connectivity index (χ1) is 10.9. The van der Waals surface area contributed by atoms with E-state index in [1.165, 1.54) is 0 Å². The number of nitrogens with two attached hydrogens (primary N) is 1. The molecule has 0 aromatic heterocycles. The van der Waals surface area contributed by atoms with Gasteiger partial charge in [-0.1, -0.05) is 26.0 Å². The summed E-state index contributed by atoms with van der Waals surface area (Å²) in [5.41, 5.74) is 7.02. The minimum absolute atomic E-state index is 0. The normalized spacial score (nSPS) is 10.7. The van der Waals surface area contributed by atoms with Crippen LogP contribution >= 0.6 is 12.4 Å². The molecule has 0 radical (unpaired) electrons. The predicted molar refractivity (Wildman–Crippen MR) is 100 cm³/mol. The Bertz CT molecular complexity index is 535. The maximum Gasteiger partial charge on any atom is 0.253 e. The van der Waals surface area contributed by atoms with Crippen LogP contribution < -0.4 is 11.1 Å². The summed E-state index contributed by atoms with van der Waals surface area (Å²) in [5, 5.41) is 2.98. The maximum atomic E-state index is 12.4. The third-order valence-electron chi connectivity index (χ3n) is 4.51. The summed E-state index contributed by atoms with van der Waals surface area (Å²) in [6, 6.07) is 7.52. The van der Waals surface area contributed by atoms with Crippen LogP contribution in [0, 0.1) is 5.41 Å². The molecule has 3 N–H and O–H groups in total. The van der Waals surface area contributed by atoms with Gasteiger partial charge in [0.25, 0.3) is 5.91 Å². The molecule has 1 aromatic carbocycles. The number of nitrogens with one attached hydrogen (secondary N) is 1. The predicted octanol–water partition coefficient (Wildman–Crippen LogP) is 2.23. The van der Waals surface area contributed by atoms with Crippen molar-refractivity contribution < 1.29 is 9.59 Å². The van der Waals surface area contributed by atoms with Gasteiger partial charge in [0, 0.05) is 32.7 Å². The Morgan fingerprint density at radius 3 is 2.33 bits per heavy atom. The van der Waals surface area contributed by atoms with Crippen molar-refractivity contribution in [3.05, 3.63) is 35.4 Å². The molecule has 136 valence electrons. The molecule has 1 rings (SSSR count). The van der Waals surface area contributed by atoms with Gasteiger partial charge in [0.1, 0.15) is 0 Å². The van der Waals surface area contributed by atoms with Gasteiger partial charge in [-0.3, -0.25) is 9.59 Å². The number of rotatable bonds is 8. The molecule has 0 aliphatic heterocycles. The quantitative estimate of drug-likeness (QED) is 0.750. The lowest BCUT2D eigenvalue weighted by Gasteiger charge is -2.28. The van der Waals surface area contributed by atoms with Crippen LogP contribution in [0.2, 0.25) is 0 Å². The zero-order valence-corrected chi connectivity index (χ0v) is 15.9. The molecule has 0 heterocycles. The van der Waals surface area contributed by atoms with Gasteiger partial charge < -0.3 is 16.0 Å². The lowest BCUT2D eigenvalue weighted by molar-refractivity contribution is -0.131. The van der Waals surface area contributed by atoms with Crippen molar-refractivity contribution in [2.24, 2.45) is 11.1 Å². The second kappa shape index (κ2) is 10.3. The van der Waals surface area contributed by atoms with E-state index in [1.807, 2.05) is 32.0 Å². The molecule has 6 heteroatoms. The standard InChI is InChI=1S/C18H29N3O2.ClH/c1-5-18(6-2,13-19)17(23)20-11-10-14-8-7-9-15(12-14)16(22)21(3)4;/h7-9,12H,5-6,10-11,13,19H2,1-4H3,(H,20,23);1H. The lowest BCUT2D eigenvalue weighted by atomic mass is 9.81. The van der Waals surface area contributed by atoms with Crippen LogP contribution in [0.4, 0.5) is 0 Å². The Morgan fingerprint density at radius 1 is 1.21 bits per heavy atom. The zero-order valence-electron chi connectivity index (χ0n) is 15.1. The molecule has 0 spiro atoms. The van der Waals surface area contributed by atoms with Crippen LogP contribution in [-0.2, 0) is 11.2 Å². The highest BCUT2D eigenvalue weighted by atomic mass is 35.5. The fourth-order valence-electron chi connectivity index (χ4n) is 2.58. The molecule has 2 amide bonds. The second-order valence-electron chi connectivity index (χ2n) is 6.10. The van der Waals surface area contributed by atoms with Gasteiger partial charge in [-0.05, 0) is 37.0 Å². The van der Waals surface area contributed by atoms with Crippen molar-refractivity contribution in [1.82, 2.24) is 10.2 Å². The number of amides is 2. The first-order valence-electron chi connectivity index (χ1n) is 8.19. The summed E-state index contributed by atoms with van der Waals surface area (Å²) >= 11 is 0. The monoisotopic (exact) mass is 355 g/mol. The molecule has 0 saturated heterocycles. The highest BCUT2D eigenvalue weighted by Crippen LogP contribution is 2.24. The van der Waals surface area contributed by atoms with Crippen LogP contribution in [0.25, 0.3) is 0 Å². The first kappa shape index (κ1) is 22.4. The van der Waals surface area contributed by atoms with Crippen LogP contribution in [0.1, 0.15) is 42.6 Å². The zero-order chi connectivity index (χ0) is 17.5. The smallest absolute Gasteiger partial charge is 0.253 e. The molecule has 0 aliphatic carbocycles. The second-order valence-corrected chi connectivity index (χ2v) is 6.10. The van der Waals surface area contributed by atoms with E-state index in [4.69, 9.17) is 5.73 Å². The van der Waals surface area contributed by atoms with E-state index in [0.717, 1.165) is 18.4 Å².